The summed E-state index contributed by atoms with van der Waals surface area (Å²) < 4.78 is 20.7. The molecule has 1 aliphatic carbocycles. The van der Waals surface area contributed by atoms with E-state index in [0.29, 0.717) is 43.8 Å². The highest BCUT2D eigenvalue weighted by Crippen LogP contribution is 2.46. The van der Waals surface area contributed by atoms with Gasteiger partial charge in [-0.15, -0.1) is 11.3 Å². The summed E-state index contributed by atoms with van der Waals surface area (Å²) in [7, 11) is 1.75. The fourth-order valence-electron chi connectivity index (χ4n) is 10.1. The average Bonchev–Trinajstić information content (AvgIpc) is 3.88. The molecule has 58 heavy (non-hydrogen) atoms. The zero-order valence-electron chi connectivity index (χ0n) is 34.8. The Hall–Kier alpha value is -3.72. The van der Waals surface area contributed by atoms with E-state index in [9.17, 15) is 9.59 Å². The van der Waals surface area contributed by atoms with Gasteiger partial charge in [0.2, 0.25) is 0 Å². The number of benzene rings is 1. The molecule has 0 unspecified atom stereocenters. The lowest BCUT2D eigenvalue weighted by Gasteiger charge is -2.49. The molecule has 4 aliphatic heterocycles. The lowest BCUT2D eigenvalue weighted by atomic mass is 9.80. The Bertz CT molecular complexity index is 2180. The normalized spacial score (nSPS) is 28.6. The van der Waals surface area contributed by atoms with E-state index in [1.807, 2.05) is 6.92 Å². The number of carbonyl (C=O) groups is 2. The molecule has 8 bridgehead atoms. The van der Waals surface area contributed by atoms with Gasteiger partial charge in [0.05, 0.1) is 54.1 Å². The number of esters is 1. The van der Waals surface area contributed by atoms with Gasteiger partial charge in [-0.05, 0) is 94.0 Å². The number of hydrogen-bond donors (Lipinski definition) is 2. The van der Waals surface area contributed by atoms with Crippen LogP contribution in [0.3, 0.4) is 0 Å². The van der Waals surface area contributed by atoms with E-state index in [2.05, 4.69) is 78.4 Å². The monoisotopic (exact) mass is 809 g/mol. The van der Waals surface area contributed by atoms with Crippen LogP contribution < -0.4 is 11.2 Å². The number of carbonyl (C=O) groups excluding carboxylic acids is 2. The molecule has 0 spiro atoms. The van der Waals surface area contributed by atoms with Gasteiger partial charge in [0.1, 0.15) is 6.04 Å². The number of cyclic esters (lactones) is 1. The number of hydrogen-bond acceptors (Lipinski definition) is 11. The van der Waals surface area contributed by atoms with Gasteiger partial charge in [0.25, 0.3) is 5.91 Å². The van der Waals surface area contributed by atoms with Crippen LogP contribution in [0, 0.1) is 5.41 Å². The van der Waals surface area contributed by atoms with Gasteiger partial charge < -0.3 is 24.5 Å². The van der Waals surface area contributed by atoms with Crippen LogP contribution >= 0.6 is 11.3 Å². The number of nitrogens with one attached hydrogen (secondary N) is 1. The fraction of sp³-hybridized carbons (Fsp3) is 0.600. The second kappa shape index (κ2) is 15.7. The largest absolute Gasteiger partial charge is 0.464 e. The summed E-state index contributed by atoms with van der Waals surface area (Å²) in [5, 5.41) is 5.52. The van der Waals surface area contributed by atoms with Crippen molar-refractivity contribution in [1.29, 1.82) is 0 Å². The van der Waals surface area contributed by atoms with E-state index in [4.69, 9.17) is 29.9 Å². The van der Waals surface area contributed by atoms with Gasteiger partial charge in [0, 0.05) is 83.3 Å². The maximum absolute atomic E-state index is 13.7. The molecule has 3 aromatic heterocycles. The van der Waals surface area contributed by atoms with Crippen LogP contribution in [0.5, 0.6) is 0 Å². The number of fused-ring (bicyclic) bond motifs is 8. The Labute approximate surface area is 345 Å². The molecular weight excluding hydrogens is 751 g/mol. The maximum atomic E-state index is 13.7. The lowest BCUT2D eigenvalue weighted by molar-refractivity contribution is -0.155. The smallest absolute Gasteiger partial charge is 0.324 e. The highest BCUT2D eigenvalue weighted by Gasteiger charge is 2.46. The predicted octanol–water partition coefficient (Wildman–Crippen LogP) is 6.72. The van der Waals surface area contributed by atoms with Crippen molar-refractivity contribution in [3.63, 3.8) is 0 Å². The van der Waals surface area contributed by atoms with E-state index in [0.717, 1.165) is 82.8 Å². The van der Waals surface area contributed by atoms with Crippen molar-refractivity contribution in [2.75, 3.05) is 33.5 Å². The molecule has 0 radical (unpaired) electrons. The first kappa shape index (κ1) is 39.7. The highest BCUT2D eigenvalue weighted by atomic mass is 32.1. The number of thiazole rings is 1. The van der Waals surface area contributed by atoms with E-state index in [1.165, 1.54) is 40.3 Å². The van der Waals surface area contributed by atoms with Crippen LogP contribution in [0.25, 0.3) is 33.4 Å². The molecular formula is C45H59N7O5S. The molecule has 1 amide bonds. The molecule has 7 atom stereocenters. The number of aryl methyl sites for hydroxylation is 1. The van der Waals surface area contributed by atoms with Crippen molar-refractivity contribution in [3.8, 4) is 22.5 Å². The summed E-state index contributed by atoms with van der Waals surface area (Å²) in [5.74, 6) is -0.532. The number of methoxy groups -OCH3 is 1. The third-order valence-corrected chi connectivity index (χ3v) is 14.5. The number of piperidine rings is 1. The first-order valence-corrected chi connectivity index (χ1v) is 22.3. The van der Waals surface area contributed by atoms with Gasteiger partial charge in [-0.25, -0.2) is 10.4 Å². The molecule has 13 heteroatoms. The standard InChI is InChI=1S/C45H59N7O5S/c1-7-50-38-13-10-27-17-33(38)35(19-45(4,5)24-57-44(54)36-9-8-14-51(49-36)43(53)39(46)25(2)42-48-37(27)23-58-42)41(50)34-18-29(20-47-40(34)26(3)55-6)28-15-31-21-56-22-32(16-28)52(31)30-11-12-30/h10,13,17-18,20,23,25-26,28,30-32,36,39,49H,7-9,11-12,14-16,19,21-22,24,46H2,1-6H3/t25-,26-,28-,31+,32-,36-,39-/m0/s1. The molecule has 9 rings (SSSR count). The Morgan fingerprint density at radius 2 is 1.88 bits per heavy atom. The average molecular weight is 810 g/mol. The molecule has 4 fully saturated rings. The number of nitrogens with zero attached hydrogens (tertiary/aromatic N) is 5. The minimum atomic E-state index is -0.818. The summed E-state index contributed by atoms with van der Waals surface area (Å²) in [6.45, 7) is 13.6. The molecule has 7 heterocycles. The molecule has 1 aromatic carbocycles. The molecule has 3 saturated heterocycles. The van der Waals surface area contributed by atoms with Crippen molar-refractivity contribution in [2.24, 2.45) is 11.1 Å². The minimum Gasteiger partial charge on any atom is -0.464 e. The molecule has 5 aliphatic rings. The van der Waals surface area contributed by atoms with Crippen molar-refractivity contribution < 1.29 is 23.8 Å². The van der Waals surface area contributed by atoms with E-state index < -0.39 is 17.5 Å². The lowest BCUT2D eigenvalue weighted by Crippen LogP contribution is -2.59. The number of hydrazine groups is 1. The fourth-order valence-corrected chi connectivity index (χ4v) is 11.0. The third kappa shape index (κ3) is 7.29. The Kier molecular flexibility index (Phi) is 10.8. The Balaban J connectivity index is 1.18. The zero-order chi connectivity index (χ0) is 40.5. The first-order chi connectivity index (χ1) is 27.9. The Morgan fingerprint density at radius 3 is 2.60 bits per heavy atom. The molecule has 310 valence electrons. The van der Waals surface area contributed by atoms with Crippen molar-refractivity contribution in [2.45, 2.75) is 134 Å². The van der Waals surface area contributed by atoms with Crippen molar-refractivity contribution >= 4 is 34.1 Å². The van der Waals surface area contributed by atoms with Crippen molar-refractivity contribution in [3.05, 3.63) is 57.7 Å². The quantitative estimate of drug-likeness (QED) is 0.202. The van der Waals surface area contributed by atoms with Crippen LogP contribution in [0.2, 0.25) is 0 Å². The maximum Gasteiger partial charge on any atom is 0.324 e. The van der Waals surface area contributed by atoms with Crippen LogP contribution in [-0.4, -0.2) is 100 Å². The number of morpholine rings is 1. The van der Waals surface area contributed by atoms with E-state index in [1.54, 1.807) is 7.11 Å². The summed E-state index contributed by atoms with van der Waals surface area (Å²) in [6, 6.07) is 9.22. The second-order valence-electron chi connectivity index (χ2n) is 18.2. The predicted molar refractivity (Wildman–Crippen MR) is 225 cm³/mol. The second-order valence-corrected chi connectivity index (χ2v) is 19.1. The topological polar surface area (TPSA) is 137 Å². The number of rotatable bonds is 6. The van der Waals surface area contributed by atoms with Gasteiger partial charge in [-0.1, -0.05) is 26.8 Å². The minimum absolute atomic E-state index is 0.214. The first-order valence-electron chi connectivity index (χ1n) is 21.4. The number of ether oxygens (including phenoxy) is 3. The third-order valence-electron chi connectivity index (χ3n) is 13.5. The number of pyridine rings is 1. The SMILES string of the molecule is CCn1c(-c2cc([C@@H]3C[C@H]4COC[C@@H](C3)N4C3CC3)cnc2[C@H](C)OC)c2c3cc(ccc31)-c1csc(n1)[C@@H](C)[C@H](N)C(=O)N1CCC[C@H](N1)C(=O)OCC(C)(C)C2. The van der Waals surface area contributed by atoms with Gasteiger partial charge >= 0.3 is 5.97 Å². The van der Waals surface area contributed by atoms with E-state index in [-0.39, 0.29) is 30.5 Å². The van der Waals surface area contributed by atoms with Crippen LogP contribution in [0.1, 0.15) is 113 Å². The zero-order valence-corrected chi connectivity index (χ0v) is 35.6. The summed E-state index contributed by atoms with van der Waals surface area (Å²) in [5.41, 5.74) is 17.9. The van der Waals surface area contributed by atoms with Gasteiger partial charge in [0.15, 0.2) is 0 Å². The number of aromatic nitrogens is 3. The molecule has 4 aromatic rings. The number of amides is 1. The summed E-state index contributed by atoms with van der Waals surface area (Å²) in [4.78, 5) is 40.4. The van der Waals surface area contributed by atoms with E-state index >= 15 is 0 Å². The van der Waals surface area contributed by atoms with Crippen LogP contribution in [0.15, 0.2) is 35.8 Å². The summed E-state index contributed by atoms with van der Waals surface area (Å²) >= 11 is 1.53. The van der Waals surface area contributed by atoms with Crippen LogP contribution in [0.4, 0.5) is 0 Å². The van der Waals surface area contributed by atoms with Gasteiger partial charge in [-0.2, -0.15) is 0 Å². The Morgan fingerprint density at radius 1 is 1.10 bits per heavy atom. The number of nitrogens with two attached hydrogens (primary N) is 1. The van der Waals surface area contributed by atoms with Crippen molar-refractivity contribution in [1.82, 2.24) is 29.9 Å². The highest BCUT2D eigenvalue weighted by molar-refractivity contribution is 7.10. The molecule has 12 nitrogen and oxygen atoms in total. The van der Waals surface area contributed by atoms with Gasteiger partial charge in [-0.3, -0.25) is 24.5 Å². The van der Waals surface area contributed by atoms with Crippen LogP contribution in [-0.2, 0) is 36.8 Å². The summed E-state index contributed by atoms with van der Waals surface area (Å²) in [6.07, 6.45) is 8.53. The molecule has 1 saturated carbocycles. The molecule has 3 N–H and O–H groups in total.